The molecule has 3 rings (SSSR count). The third-order valence-corrected chi connectivity index (χ3v) is 4.27. The van der Waals surface area contributed by atoms with Gasteiger partial charge in [-0.2, -0.15) is 0 Å². The maximum absolute atomic E-state index is 5.95. The number of hydrogen-bond donors (Lipinski definition) is 1. The summed E-state index contributed by atoms with van der Waals surface area (Å²) in [5.41, 5.74) is 2.33. The second-order valence-electron chi connectivity index (χ2n) is 6.25. The Morgan fingerprint density at radius 2 is 1.92 bits per heavy atom. The van der Waals surface area contributed by atoms with Gasteiger partial charge >= 0.3 is 0 Å². The van der Waals surface area contributed by atoms with E-state index in [2.05, 4.69) is 29.6 Å². The second kappa shape index (κ2) is 9.44. The van der Waals surface area contributed by atoms with Crippen molar-refractivity contribution in [1.29, 1.82) is 0 Å². The van der Waals surface area contributed by atoms with Gasteiger partial charge in [-0.1, -0.05) is 36.4 Å². The van der Waals surface area contributed by atoms with Crippen molar-refractivity contribution in [3.05, 3.63) is 59.7 Å². The highest BCUT2D eigenvalue weighted by molar-refractivity contribution is 5.43. The second-order valence-corrected chi connectivity index (χ2v) is 6.25. The van der Waals surface area contributed by atoms with Crippen molar-refractivity contribution < 1.29 is 14.2 Å². The molecule has 1 atom stereocenters. The number of hydrogen-bond acceptors (Lipinski definition) is 4. The fraction of sp³-hybridized carbons (Fsp3) is 0.429. The Kier molecular flexibility index (Phi) is 6.71. The summed E-state index contributed by atoms with van der Waals surface area (Å²) in [6, 6.07) is 16.3. The van der Waals surface area contributed by atoms with Crippen molar-refractivity contribution in [2.45, 2.75) is 39.0 Å². The zero-order chi connectivity index (χ0) is 17.3. The van der Waals surface area contributed by atoms with Gasteiger partial charge in [0.25, 0.3) is 0 Å². The van der Waals surface area contributed by atoms with Crippen LogP contribution in [0.4, 0.5) is 0 Å². The highest BCUT2D eigenvalue weighted by Gasteiger charge is 2.14. The zero-order valence-electron chi connectivity index (χ0n) is 14.9. The van der Waals surface area contributed by atoms with E-state index < -0.39 is 0 Å². The molecule has 1 heterocycles. The van der Waals surface area contributed by atoms with Crippen LogP contribution in [0.25, 0.3) is 0 Å². The molecule has 1 fully saturated rings. The molecule has 2 aromatic carbocycles. The minimum absolute atomic E-state index is 0.361. The molecule has 1 aliphatic heterocycles. The number of ether oxygens (including phenoxy) is 3. The van der Waals surface area contributed by atoms with Crippen molar-refractivity contribution in [2.24, 2.45) is 0 Å². The monoisotopic (exact) mass is 341 g/mol. The molecule has 134 valence electrons. The molecule has 0 radical (unpaired) electrons. The Hall–Kier alpha value is -2.04. The van der Waals surface area contributed by atoms with E-state index in [9.17, 15) is 0 Å². The number of rotatable bonds is 9. The van der Waals surface area contributed by atoms with Crippen LogP contribution in [0, 0.1) is 0 Å². The van der Waals surface area contributed by atoms with E-state index in [1.807, 2.05) is 31.2 Å². The van der Waals surface area contributed by atoms with Crippen LogP contribution >= 0.6 is 0 Å². The normalized spacial score (nSPS) is 16.8. The van der Waals surface area contributed by atoms with Gasteiger partial charge in [-0.15, -0.1) is 0 Å². The van der Waals surface area contributed by atoms with E-state index >= 15 is 0 Å². The Bertz CT molecular complexity index is 639. The third-order valence-electron chi connectivity index (χ3n) is 4.27. The van der Waals surface area contributed by atoms with Crippen LogP contribution in [0.2, 0.25) is 0 Å². The summed E-state index contributed by atoms with van der Waals surface area (Å²) in [7, 11) is 0. The lowest BCUT2D eigenvalue weighted by Crippen LogP contribution is -2.25. The maximum atomic E-state index is 5.95. The van der Waals surface area contributed by atoms with Crippen LogP contribution in [0.1, 0.15) is 30.9 Å². The Morgan fingerprint density at radius 1 is 1.04 bits per heavy atom. The molecule has 0 unspecified atom stereocenters. The summed E-state index contributed by atoms with van der Waals surface area (Å²) in [4.78, 5) is 0. The molecule has 0 aromatic heterocycles. The van der Waals surface area contributed by atoms with Gasteiger partial charge in [-0.25, -0.2) is 0 Å². The smallest absolute Gasteiger partial charge is 0.161 e. The van der Waals surface area contributed by atoms with E-state index in [4.69, 9.17) is 14.2 Å². The molecule has 0 spiro atoms. The van der Waals surface area contributed by atoms with Gasteiger partial charge < -0.3 is 19.5 Å². The average Bonchev–Trinajstić information content (AvgIpc) is 3.16. The summed E-state index contributed by atoms with van der Waals surface area (Å²) in [5.74, 6) is 1.59. The first-order valence-corrected chi connectivity index (χ1v) is 9.10. The van der Waals surface area contributed by atoms with Crippen LogP contribution in [-0.2, 0) is 17.9 Å². The lowest BCUT2D eigenvalue weighted by Gasteiger charge is -2.15. The SMILES string of the molecule is CCOc1cc(CNC[C@@H]2CCCO2)ccc1OCc1ccccc1. The van der Waals surface area contributed by atoms with Crippen molar-refractivity contribution >= 4 is 0 Å². The summed E-state index contributed by atoms with van der Waals surface area (Å²) in [6.07, 6.45) is 2.69. The third kappa shape index (κ3) is 5.48. The predicted molar refractivity (Wildman–Crippen MR) is 99.1 cm³/mol. The van der Waals surface area contributed by atoms with E-state index in [0.717, 1.165) is 43.2 Å². The molecule has 1 aliphatic rings. The largest absolute Gasteiger partial charge is 0.490 e. The van der Waals surface area contributed by atoms with Crippen LogP contribution in [0.15, 0.2) is 48.5 Å². The quantitative estimate of drug-likeness (QED) is 0.750. The highest BCUT2D eigenvalue weighted by Crippen LogP contribution is 2.29. The predicted octanol–water partition coefficient (Wildman–Crippen LogP) is 3.93. The number of nitrogens with one attached hydrogen (secondary N) is 1. The van der Waals surface area contributed by atoms with Crippen LogP contribution < -0.4 is 14.8 Å². The van der Waals surface area contributed by atoms with Gasteiger partial charge in [0.05, 0.1) is 12.7 Å². The van der Waals surface area contributed by atoms with Gasteiger partial charge in [0.1, 0.15) is 6.61 Å². The van der Waals surface area contributed by atoms with Crippen molar-refractivity contribution in [2.75, 3.05) is 19.8 Å². The maximum Gasteiger partial charge on any atom is 0.161 e. The lowest BCUT2D eigenvalue weighted by molar-refractivity contribution is 0.110. The molecule has 2 aromatic rings. The molecule has 0 amide bonds. The molecule has 4 heteroatoms. The molecule has 4 nitrogen and oxygen atoms in total. The summed E-state index contributed by atoms with van der Waals surface area (Å²) in [6.45, 7) is 5.75. The minimum atomic E-state index is 0.361. The molecule has 1 N–H and O–H groups in total. The molecular weight excluding hydrogens is 314 g/mol. The molecule has 1 saturated heterocycles. The zero-order valence-corrected chi connectivity index (χ0v) is 14.9. The van der Waals surface area contributed by atoms with Gasteiger partial charge in [-0.05, 0) is 43.0 Å². The lowest BCUT2D eigenvalue weighted by atomic mass is 10.2. The first kappa shape index (κ1) is 17.8. The molecule has 0 bridgehead atoms. The molecule has 0 aliphatic carbocycles. The average molecular weight is 341 g/mol. The first-order chi connectivity index (χ1) is 12.3. The van der Waals surface area contributed by atoms with Crippen molar-refractivity contribution in [3.63, 3.8) is 0 Å². The highest BCUT2D eigenvalue weighted by atomic mass is 16.5. The van der Waals surface area contributed by atoms with Crippen LogP contribution in [0.3, 0.4) is 0 Å². The van der Waals surface area contributed by atoms with Crippen molar-refractivity contribution in [3.8, 4) is 11.5 Å². The summed E-state index contributed by atoms with van der Waals surface area (Å²) < 4.78 is 17.4. The van der Waals surface area contributed by atoms with Gasteiger partial charge in [-0.3, -0.25) is 0 Å². The van der Waals surface area contributed by atoms with Crippen LogP contribution in [0.5, 0.6) is 11.5 Å². The first-order valence-electron chi connectivity index (χ1n) is 9.10. The standard InChI is InChI=1S/C21H27NO3/c1-2-23-21-13-18(14-22-15-19-9-6-12-24-19)10-11-20(21)25-16-17-7-4-3-5-8-17/h3-5,7-8,10-11,13,19,22H,2,6,9,12,14-16H2,1H3/t19-/m0/s1. The molecule has 0 saturated carbocycles. The Morgan fingerprint density at radius 3 is 2.68 bits per heavy atom. The van der Waals surface area contributed by atoms with Gasteiger partial charge in [0.2, 0.25) is 0 Å². The minimum Gasteiger partial charge on any atom is -0.490 e. The summed E-state index contributed by atoms with van der Waals surface area (Å²) in [5, 5.41) is 3.47. The fourth-order valence-electron chi connectivity index (χ4n) is 2.97. The molecular formula is C21H27NO3. The fourth-order valence-corrected chi connectivity index (χ4v) is 2.97. The Labute approximate surface area is 150 Å². The Balaban J connectivity index is 1.57. The summed E-state index contributed by atoms with van der Waals surface area (Å²) >= 11 is 0. The van der Waals surface area contributed by atoms with Gasteiger partial charge in [0.15, 0.2) is 11.5 Å². The topological polar surface area (TPSA) is 39.7 Å². The van der Waals surface area contributed by atoms with E-state index in [-0.39, 0.29) is 0 Å². The van der Waals surface area contributed by atoms with E-state index in [0.29, 0.717) is 19.3 Å². The molecule has 25 heavy (non-hydrogen) atoms. The van der Waals surface area contributed by atoms with Crippen molar-refractivity contribution in [1.82, 2.24) is 5.32 Å². The van der Waals surface area contributed by atoms with Crippen LogP contribution in [-0.4, -0.2) is 25.9 Å². The van der Waals surface area contributed by atoms with Gasteiger partial charge in [0, 0.05) is 19.7 Å². The van der Waals surface area contributed by atoms with E-state index in [1.54, 1.807) is 0 Å². The number of benzene rings is 2. The van der Waals surface area contributed by atoms with E-state index in [1.165, 1.54) is 12.0 Å².